The number of nitrogens with zero attached hydrogens (tertiary/aromatic N) is 2. The molecule has 4 aromatic rings. The number of aromatic amines is 1. The number of carboxylic acids is 1. The number of anilines is 1. The van der Waals surface area contributed by atoms with Gasteiger partial charge < -0.3 is 20.5 Å². The third-order valence-electron chi connectivity index (χ3n) is 8.39. The van der Waals surface area contributed by atoms with E-state index < -0.39 is 48.0 Å². The summed E-state index contributed by atoms with van der Waals surface area (Å²) in [5.74, 6) is -2.40. The second kappa shape index (κ2) is 10.7. The lowest BCUT2D eigenvalue weighted by atomic mass is 9.88. The predicted molar refractivity (Wildman–Crippen MR) is 160 cm³/mol. The van der Waals surface area contributed by atoms with Crippen molar-refractivity contribution in [2.45, 2.75) is 57.3 Å². The Balaban J connectivity index is 1.44. The number of hydrogen-bond acceptors (Lipinski definition) is 5. The van der Waals surface area contributed by atoms with Crippen LogP contribution in [0.25, 0.3) is 10.9 Å². The van der Waals surface area contributed by atoms with Gasteiger partial charge in [-0.3, -0.25) is 14.5 Å². The second-order valence-electron chi connectivity index (χ2n) is 11.4. The summed E-state index contributed by atoms with van der Waals surface area (Å²) in [4.78, 5) is 59.4. The first-order valence-corrected chi connectivity index (χ1v) is 14.2. The van der Waals surface area contributed by atoms with Crippen molar-refractivity contribution in [1.82, 2.24) is 15.2 Å². The molecule has 4 N–H and O–H groups in total. The number of amides is 4. The van der Waals surface area contributed by atoms with Crippen LogP contribution in [0.3, 0.4) is 0 Å². The highest BCUT2D eigenvalue weighted by molar-refractivity contribution is 6.24. The van der Waals surface area contributed by atoms with Crippen LogP contribution in [0.1, 0.15) is 65.5 Å². The van der Waals surface area contributed by atoms with Crippen LogP contribution >= 0.6 is 0 Å². The molecule has 220 valence electrons. The molecule has 1 fully saturated rings. The highest BCUT2D eigenvalue weighted by Gasteiger charge is 2.53. The molecule has 0 spiro atoms. The number of fused-ring (bicyclic) bond motifs is 4. The number of nitrogens with one attached hydrogen (secondary N) is 2. The highest BCUT2D eigenvalue weighted by Crippen LogP contribution is 2.45. The molecule has 10 nitrogen and oxygen atoms in total. The van der Waals surface area contributed by atoms with E-state index >= 15 is 0 Å². The van der Waals surface area contributed by atoms with E-state index in [9.17, 15) is 29.4 Å². The Morgan fingerprint density at radius 2 is 1.63 bits per heavy atom. The third kappa shape index (κ3) is 4.64. The molecule has 6 rings (SSSR count). The van der Waals surface area contributed by atoms with Crippen LogP contribution in [0.5, 0.6) is 0 Å². The van der Waals surface area contributed by atoms with E-state index in [0.717, 1.165) is 38.2 Å². The Kier molecular flexibility index (Phi) is 7.01. The van der Waals surface area contributed by atoms with Gasteiger partial charge in [0, 0.05) is 23.0 Å². The number of aromatic nitrogens is 1. The maximum absolute atomic E-state index is 14.3. The lowest BCUT2D eigenvalue weighted by molar-refractivity contribution is -0.141. The number of rotatable bonds is 7. The Hall–Kier alpha value is -4.96. The number of carbonyl (C=O) groups is 4. The van der Waals surface area contributed by atoms with Crippen LogP contribution in [0.15, 0.2) is 72.8 Å². The number of para-hydroxylation sites is 2. The molecule has 1 saturated heterocycles. The van der Waals surface area contributed by atoms with Gasteiger partial charge in [0.1, 0.15) is 12.1 Å². The van der Waals surface area contributed by atoms with Crippen LogP contribution in [0.2, 0.25) is 0 Å². The van der Waals surface area contributed by atoms with Gasteiger partial charge in [-0.2, -0.15) is 0 Å². The van der Waals surface area contributed by atoms with Gasteiger partial charge in [0.15, 0.2) is 6.04 Å². The normalized spacial score (nSPS) is 19.4. The molecular formula is C33H32N4O6. The van der Waals surface area contributed by atoms with E-state index in [2.05, 4.69) is 24.1 Å². The first-order chi connectivity index (χ1) is 20.6. The summed E-state index contributed by atoms with van der Waals surface area (Å²) in [7, 11) is 0. The van der Waals surface area contributed by atoms with E-state index in [0.29, 0.717) is 12.3 Å². The van der Waals surface area contributed by atoms with Crippen molar-refractivity contribution in [3.63, 3.8) is 0 Å². The fourth-order valence-corrected chi connectivity index (χ4v) is 6.17. The smallest absolute Gasteiger partial charge is 0.332 e. The predicted octanol–water partition coefficient (Wildman–Crippen LogP) is 4.34. The van der Waals surface area contributed by atoms with Crippen LogP contribution < -0.4 is 10.2 Å². The number of aliphatic hydroxyl groups excluding tert-OH is 1. The fraction of sp³-hybridized carbons (Fsp3) is 0.273. The first kappa shape index (κ1) is 28.2. The zero-order valence-electron chi connectivity index (χ0n) is 23.9. The van der Waals surface area contributed by atoms with Gasteiger partial charge in [-0.1, -0.05) is 68.4 Å². The van der Waals surface area contributed by atoms with E-state index in [-0.39, 0.29) is 11.3 Å². The van der Waals surface area contributed by atoms with E-state index in [1.165, 1.54) is 19.1 Å². The number of carbonyl (C=O) groups excluding carboxylic acids is 3. The molecule has 2 aliphatic rings. The van der Waals surface area contributed by atoms with Gasteiger partial charge in [0.05, 0.1) is 17.4 Å². The average Bonchev–Trinajstić information content (AvgIpc) is 3.48. The lowest BCUT2D eigenvalue weighted by Gasteiger charge is -2.36. The van der Waals surface area contributed by atoms with Gasteiger partial charge in [-0.05, 0) is 47.7 Å². The number of benzene rings is 3. The van der Waals surface area contributed by atoms with Crippen molar-refractivity contribution in [2.75, 3.05) is 4.90 Å². The van der Waals surface area contributed by atoms with Crippen molar-refractivity contribution >= 4 is 40.4 Å². The summed E-state index contributed by atoms with van der Waals surface area (Å²) in [6, 6.07) is 18.4. The molecular weight excluding hydrogens is 548 g/mol. The Bertz CT molecular complexity index is 1760. The number of aliphatic carboxylic acids is 1. The Morgan fingerprint density at radius 3 is 2.30 bits per heavy atom. The van der Waals surface area contributed by atoms with Crippen LogP contribution in [0, 0.1) is 0 Å². The minimum atomic E-state index is -1.58. The molecule has 3 heterocycles. The average molecular weight is 581 g/mol. The summed E-state index contributed by atoms with van der Waals surface area (Å²) in [5, 5.41) is 22.6. The molecule has 2 unspecified atom stereocenters. The molecule has 3 aromatic carbocycles. The zero-order valence-corrected chi connectivity index (χ0v) is 23.9. The maximum Gasteiger partial charge on any atom is 0.332 e. The summed E-state index contributed by atoms with van der Waals surface area (Å²) in [6.07, 6.45) is -1.08. The molecule has 0 aliphatic carbocycles. The van der Waals surface area contributed by atoms with Crippen LogP contribution in [-0.4, -0.2) is 62.1 Å². The summed E-state index contributed by atoms with van der Waals surface area (Å²) in [5.41, 5.74) is 4.70. The number of aliphatic hydroxyl groups is 1. The Labute approximate surface area is 247 Å². The molecule has 0 saturated carbocycles. The lowest BCUT2D eigenvalue weighted by Crippen LogP contribution is -2.48. The minimum Gasteiger partial charge on any atom is -0.480 e. The van der Waals surface area contributed by atoms with Crippen LogP contribution in [0.4, 0.5) is 10.5 Å². The Morgan fingerprint density at radius 1 is 0.953 bits per heavy atom. The van der Waals surface area contributed by atoms with Gasteiger partial charge in [0.2, 0.25) is 0 Å². The van der Waals surface area contributed by atoms with Crippen molar-refractivity contribution in [3.05, 3.63) is 101 Å². The minimum absolute atomic E-state index is 0.0431. The molecule has 10 heteroatoms. The van der Waals surface area contributed by atoms with E-state index in [1.807, 2.05) is 48.5 Å². The molecule has 4 atom stereocenters. The first-order valence-electron chi connectivity index (χ1n) is 14.2. The van der Waals surface area contributed by atoms with E-state index in [1.54, 1.807) is 17.0 Å². The molecule has 2 aliphatic heterocycles. The SMILES string of the molecule is CC(C)c1ccc(C2c3[nH]c4ccccc4c3C[C@H]3C(=O)N(c4ccccc4C(=O)N[C@H](C(=O)O)C(C)O)C(=O)N23)cc1. The van der Waals surface area contributed by atoms with Gasteiger partial charge >= 0.3 is 12.0 Å². The third-order valence-corrected chi connectivity index (χ3v) is 8.39. The molecule has 43 heavy (non-hydrogen) atoms. The molecule has 0 bridgehead atoms. The summed E-state index contributed by atoms with van der Waals surface area (Å²) >= 11 is 0. The molecule has 1 aromatic heterocycles. The van der Waals surface area contributed by atoms with Crippen LogP contribution in [-0.2, 0) is 16.0 Å². The number of imide groups is 1. The largest absolute Gasteiger partial charge is 0.480 e. The van der Waals surface area contributed by atoms with Crippen molar-refractivity contribution in [1.29, 1.82) is 0 Å². The fourth-order valence-electron chi connectivity index (χ4n) is 6.17. The molecule has 4 amide bonds. The summed E-state index contributed by atoms with van der Waals surface area (Å²) < 4.78 is 0. The van der Waals surface area contributed by atoms with Crippen molar-refractivity contribution in [2.24, 2.45) is 0 Å². The zero-order chi connectivity index (χ0) is 30.6. The topological polar surface area (TPSA) is 143 Å². The number of carboxylic acid groups (broad SMARTS) is 1. The number of urea groups is 1. The number of hydrogen-bond donors (Lipinski definition) is 4. The standard InChI is InChI=1S/C33H32N4O6/c1-17(2)19-12-14-20(15-13-19)29-28-23(21-8-4-6-10-24(21)34-28)16-26-31(40)37(33(43)36(26)29)25-11-7-5-9-22(25)30(39)35-27(18(3)38)32(41)42/h4-15,17-18,26-27,29,34,38H,16H2,1-3H3,(H,35,39)(H,41,42)/t18?,26-,27-,29?/m0/s1. The highest BCUT2D eigenvalue weighted by atomic mass is 16.4. The van der Waals surface area contributed by atoms with Gasteiger partial charge in [0.25, 0.3) is 11.8 Å². The second-order valence-corrected chi connectivity index (χ2v) is 11.4. The quantitative estimate of drug-likeness (QED) is 0.240. The van der Waals surface area contributed by atoms with Gasteiger partial charge in [-0.15, -0.1) is 0 Å². The molecule has 0 radical (unpaired) electrons. The van der Waals surface area contributed by atoms with Gasteiger partial charge in [-0.25, -0.2) is 14.5 Å². The summed E-state index contributed by atoms with van der Waals surface area (Å²) in [6.45, 7) is 5.47. The van der Waals surface area contributed by atoms with E-state index in [4.69, 9.17) is 0 Å². The monoisotopic (exact) mass is 580 g/mol. The van der Waals surface area contributed by atoms with Crippen molar-refractivity contribution < 1.29 is 29.4 Å². The van der Waals surface area contributed by atoms with Crippen molar-refractivity contribution in [3.8, 4) is 0 Å². The maximum atomic E-state index is 14.3. The number of H-pyrrole nitrogens is 1.